The van der Waals surface area contributed by atoms with E-state index in [0.29, 0.717) is 6.42 Å². The second-order valence-corrected chi connectivity index (χ2v) is 1.59. The van der Waals surface area contributed by atoms with E-state index in [4.69, 9.17) is 0 Å². The van der Waals surface area contributed by atoms with Gasteiger partial charge in [-0.1, -0.05) is 19.9 Å². The Labute approximate surface area is 56.2 Å². The van der Waals surface area contributed by atoms with Crippen molar-refractivity contribution in [1.82, 2.24) is 4.90 Å². The normalized spacial score (nSPS) is 15.4. The fourth-order valence-corrected chi connectivity index (χ4v) is 0.539. The van der Waals surface area contributed by atoms with Crippen LogP contribution in [-0.2, 0) is 4.79 Å². The minimum Gasteiger partial charge on any atom is -0.322 e. The Bertz CT molecular complexity index is 118. The van der Waals surface area contributed by atoms with E-state index in [1.165, 1.54) is 0 Å². The molecule has 1 rings (SSSR count). The Hall–Kier alpha value is -0.790. The molecule has 9 heavy (non-hydrogen) atoms. The lowest BCUT2D eigenvalue weighted by Crippen LogP contribution is -2.13. The molecule has 52 valence electrons. The van der Waals surface area contributed by atoms with Gasteiger partial charge in [0.1, 0.15) is 0 Å². The highest BCUT2D eigenvalue weighted by atomic mass is 16.2. The quantitative estimate of drug-likeness (QED) is 0.481. The Morgan fingerprint density at radius 3 is 2.22 bits per heavy atom. The van der Waals surface area contributed by atoms with Crippen LogP contribution in [0.3, 0.4) is 0 Å². The molecule has 0 N–H and O–H groups in total. The van der Waals surface area contributed by atoms with Crippen LogP contribution in [0.5, 0.6) is 0 Å². The average Bonchev–Trinajstić information content (AvgIpc) is 2.23. The molecule has 1 aliphatic heterocycles. The van der Waals surface area contributed by atoms with Gasteiger partial charge >= 0.3 is 0 Å². The van der Waals surface area contributed by atoms with Crippen molar-refractivity contribution in [2.45, 2.75) is 20.3 Å². The van der Waals surface area contributed by atoms with Gasteiger partial charge < -0.3 is 4.90 Å². The first-order chi connectivity index (χ1) is 4.30. The van der Waals surface area contributed by atoms with Crippen LogP contribution in [0.1, 0.15) is 20.3 Å². The Morgan fingerprint density at radius 1 is 1.56 bits per heavy atom. The van der Waals surface area contributed by atoms with Crippen LogP contribution < -0.4 is 0 Å². The van der Waals surface area contributed by atoms with Gasteiger partial charge in [-0.25, -0.2) is 0 Å². The second-order valence-electron chi connectivity index (χ2n) is 1.59. The summed E-state index contributed by atoms with van der Waals surface area (Å²) >= 11 is 0. The van der Waals surface area contributed by atoms with Crippen molar-refractivity contribution in [3.8, 4) is 0 Å². The van der Waals surface area contributed by atoms with Gasteiger partial charge in [-0.2, -0.15) is 0 Å². The predicted molar refractivity (Wildman–Crippen MR) is 37.9 cm³/mol. The highest BCUT2D eigenvalue weighted by Gasteiger charge is 2.07. The molecule has 0 atom stereocenters. The maximum absolute atomic E-state index is 10.4. The monoisotopic (exact) mass is 127 g/mol. The molecule has 2 nitrogen and oxygen atoms in total. The van der Waals surface area contributed by atoms with E-state index in [2.05, 4.69) is 0 Å². The molecule has 0 fully saturated rings. The van der Waals surface area contributed by atoms with Crippen molar-refractivity contribution < 1.29 is 4.79 Å². The van der Waals surface area contributed by atoms with Gasteiger partial charge in [0.05, 0.1) is 0 Å². The van der Waals surface area contributed by atoms with E-state index in [9.17, 15) is 4.79 Å². The minimum atomic E-state index is 0.181. The Kier molecular flexibility index (Phi) is 3.76. The second kappa shape index (κ2) is 4.13. The van der Waals surface area contributed by atoms with Crippen LogP contribution in [0.15, 0.2) is 12.3 Å². The molecule has 1 aliphatic rings. The van der Waals surface area contributed by atoms with E-state index >= 15 is 0 Å². The number of hydrogen-bond acceptors (Lipinski definition) is 1. The summed E-state index contributed by atoms with van der Waals surface area (Å²) in [7, 11) is 1.76. The third-order valence-electron chi connectivity index (χ3n) is 1.01. The van der Waals surface area contributed by atoms with Crippen LogP contribution in [0.2, 0.25) is 0 Å². The van der Waals surface area contributed by atoms with E-state index in [-0.39, 0.29) is 5.91 Å². The van der Waals surface area contributed by atoms with Crippen molar-refractivity contribution in [3.63, 3.8) is 0 Å². The molecular formula is C7H13NO. The standard InChI is InChI=1S/C5H7NO.C2H6/c1-6-4-2-3-5(6)7;1-2/h2,4H,3H2,1H3;1-2H3. The van der Waals surface area contributed by atoms with Crippen molar-refractivity contribution >= 4 is 5.91 Å². The fraction of sp³-hybridized carbons (Fsp3) is 0.571. The van der Waals surface area contributed by atoms with E-state index in [1.807, 2.05) is 19.9 Å². The van der Waals surface area contributed by atoms with Gasteiger partial charge in [0.2, 0.25) is 5.91 Å². The number of amides is 1. The zero-order valence-corrected chi connectivity index (χ0v) is 6.22. The summed E-state index contributed by atoms with van der Waals surface area (Å²) in [5.41, 5.74) is 0. The molecule has 0 aliphatic carbocycles. The molecule has 0 aromatic heterocycles. The lowest BCUT2D eigenvalue weighted by molar-refractivity contribution is -0.125. The van der Waals surface area contributed by atoms with Gasteiger partial charge in [0.25, 0.3) is 0 Å². The summed E-state index contributed by atoms with van der Waals surface area (Å²) in [6.45, 7) is 4.00. The van der Waals surface area contributed by atoms with Gasteiger partial charge in [-0.05, 0) is 0 Å². The Balaban J connectivity index is 0.000000291. The van der Waals surface area contributed by atoms with Crippen LogP contribution in [0.4, 0.5) is 0 Å². The average molecular weight is 127 g/mol. The fourth-order valence-electron chi connectivity index (χ4n) is 0.539. The largest absolute Gasteiger partial charge is 0.322 e. The molecule has 0 saturated carbocycles. The first kappa shape index (κ1) is 8.21. The number of rotatable bonds is 0. The molecule has 0 spiro atoms. The van der Waals surface area contributed by atoms with Crippen molar-refractivity contribution in [1.29, 1.82) is 0 Å². The first-order valence-corrected chi connectivity index (χ1v) is 3.23. The van der Waals surface area contributed by atoms with Gasteiger partial charge in [-0.3, -0.25) is 4.79 Å². The summed E-state index contributed by atoms with van der Waals surface area (Å²) in [6, 6.07) is 0. The van der Waals surface area contributed by atoms with Crippen LogP contribution in [0, 0.1) is 0 Å². The minimum absolute atomic E-state index is 0.181. The maximum atomic E-state index is 10.4. The summed E-state index contributed by atoms with van der Waals surface area (Å²) in [5, 5.41) is 0. The van der Waals surface area contributed by atoms with Crippen LogP contribution in [-0.4, -0.2) is 17.9 Å². The summed E-state index contributed by atoms with van der Waals surface area (Å²) in [5.74, 6) is 0.181. The van der Waals surface area contributed by atoms with E-state index < -0.39 is 0 Å². The molecule has 0 aromatic rings. The Morgan fingerprint density at radius 2 is 2.11 bits per heavy atom. The zero-order chi connectivity index (χ0) is 7.28. The lowest BCUT2D eigenvalue weighted by atomic mass is 10.5. The molecule has 0 radical (unpaired) electrons. The predicted octanol–water partition coefficient (Wildman–Crippen LogP) is 1.39. The molecule has 2 heteroatoms. The SMILES string of the molecule is CC.CN1C=CCC1=O. The van der Waals surface area contributed by atoms with Gasteiger partial charge in [0.15, 0.2) is 0 Å². The topological polar surface area (TPSA) is 20.3 Å². The van der Waals surface area contributed by atoms with Crippen LogP contribution >= 0.6 is 0 Å². The highest BCUT2D eigenvalue weighted by Crippen LogP contribution is 2.00. The van der Waals surface area contributed by atoms with Gasteiger partial charge in [-0.15, -0.1) is 0 Å². The summed E-state index contributed by atoms with van der Waals surface area (Å²) in [6.07, 6.45) is 4.21. The van der Waals surface area contributed by atoms with Crippen molar-refractivity contribution in [2.24, 2.45) is 0 Å². The molecule has 0 bridgehead atoms. The third-order valence-corrected chi connectivity index (χ3v) is 1.01. The molecule has 0 aromatic carbocycles. The van der Waals surface area contributed by atoms with E-state index in [0.717, 1.165) is 0 Å². The van der Waals surface area contributed by atoms with Crippen molar-refractivity contribution in [3.05, 3.63) is 12.3 Å². The smallest absolute Gasteiger partial charge is 0.230 e. The first-order valence-electron chi connectivity index (χ1n) is 3.23. The summed E-state index contributed by atoms with van der Waals surface area (Å²) < 4.78 is 0. The number of carbonyl (C=O) groups excluding carboxylic acids is 1. The highest BCUT2D eigenvalue weighted by molar-refractivity contribution is 5.80. The number of hydrogen-bond donors (Lipinski definition) is 0. The lowest BCUT2D eigenvalue weighted by Gasteiger charge is -2.00. The van der Waals surface area contributed by atoms with E-state index in [1.54, 1.807) is 18.1 Å². The molecule has 1 amide bonds. The third kappa shape index (κ3) is 2.31. The zero-order valence-electron chi connectivity index (χ0n) is 6.22. The number of carbonyl (C=O) groups is 1. The van der Waals surface area contributed by atoms with Crippen molar-refractivity contribution in [2.75, 3.05) is 7.05 Å². The van der Waals surface area contributed by atoms with Crippen LogP contribution in [0.25, 0.3) is 0 Å². The summed E-state index contributed by atoms with van der Waals surface area (Å²) in [4.78, 5) is 12.0. The molecule has 0 unspecified atom stereocenters. The number of nitrogens with zero attached hydrogens (tertiary/aromatic N) is 1. The van der Waals surface area contributed by atoms with Gasteiger partial charge in [0, 0.05) is 19.7 Å². The molecular weight excluding hydrogens is 114 g/mol. The molecule has 1 heterocycles. The maximum Gasteiger partial charge on any atom is 0.230 e. The molecule has 0 saturated heterocycles.